The molecule has 1 aromatic rings. The van der Waals surface area contributed by atoms with E-state index in [1.165, 1.54) is 18.2 Å². The maximum Gasteiger partial charge on any atom is 0.422 e. The molecule has 0 bridgehead atoms. The summed E-state index contributed by atoms with van der Waals surface area (Å²) in [4.78, 5) is 3.33. The SMILES string of the molecule is C#Cc1cccc(C2(C(F)(F)F)C=N2)c1COS(C)(=O)=O. The van der Waals surface area contributed by atoms with Crippen molar-refractivity contribution >= 4 is 16.3 Å². The number of nitrogens with zero attached hydrogens (tertiary/aromatic N) is 1. The molecule has 21 heavy (non-hydrogen) atoms. The smallest absolute Gasteiger partial charge is 0.267 e. The van der Waals surface area contributed by atoms with Crippen molar-refractivity contribution in [2.75, 3.05) is 6.26 Å². The molecule has 1 aliphatic heterocycles. The van der Waals surface area contributed by atoms with Crippen molar-refractivity contribution in [1.82, 2.24) is 0 Å². The lowest BCUT2D eigenvalue weighted by molar-refractivity contribution is -0.156. The summed E-state index contributed by atoms with van der Waals surface area (Å²) in [7, 11) is -3.82. The maximum atomic E-state index is 13.1. The summed E-state index contributed by atoms with van der Waals surface area (Å²) in [5, 5.41) is 0. The molecule has 0 aromatic heterocycles. The molecule has 0 aliphatic carbocycles. The molecular weight excluding hydrogens is 307 g/mol. The minimum Gasteiger partial charge on any atom is -0.267 e. The minimum absolute atomic E-state index is 0.0137. The van der Waals surface area contributed by atoms with E-state index in [0.717, 1.165) is 12.5 Å². The summed E-state index contributed by atoms with van der Waals surface area (Å²) in [6.45, 7) is -0.574. The number of halogens is 3. The summed E-state index contributed by atoms with van der Waals surface area (Å²) in [6.07, 6.45) is 2.19. The van der Waals surface area contributed by atoms with Crippen LogP contribution in [-0.2, 0) is 26.4 Å². The van der Waals surface area contributed by atoms with Gasteiger partial charge in [0.2, 0.25) is 5.54 Å². The van der Waals surface area contributed by atoms with Gasteiger partial charge in [0, 0.05) is 22.9 Å². The Balaban J connectivity index is 2.51. The fourth-order valence-corrected chi connectivity index (χ4v) is 2.24. The maximum absolute atomic E-state index is 13.1. The van der Waals surface area contributed by atoms with Crippen LogP contribution in [0.2, 0.25) is 0 Å². The molecule has 0 radical (unpaired) electrons. The molecule has 0 saturated heterocycles. The number of benzene rings is 1. The molecule has 2 rings (SSSR count). The molecule has 1 atom stereocenters. The van der Waals surface area contributed by atoms with E-state index in [1.807, 2.05) is 0 Å². The molecule has 0 amide bonds. The quantitative estimate of drug-likeness (QED) is 0.630. The second-order valence-electron chi connectivity index (χ2n) is 4.46. The fraction of sp³-hybridized carbons (Fsp3) is 0.308. The van der Waals surface area contributed by atoms with Gasteiger partial charge in [-0.15, -0.1) is 6.42 Å². The molecule has 0 N–H and O–H groups in total. The van der Waals surface area contributed by atoms with Crippen molar-refractivity contribution < 1.29 is 25.8 Å². The highest BCUT2D eigenvalue weighted by atomic mass is 32.2. The Morgan fingerprint density at radius 2 is 2.05 bits per heavy atom. The second kappa shape index (κ2) is 4.86. The Morgan fingerprint density at radius 3 is 2.48 bits per heavy atom. The van der Waals surface area contributed by atoms with E-state index >= 15 is 0 Å². The number of hydrogen-bond acceptors (Lipinski definition) is 4. The Labute approximate surface area is 119 Å². The van der Waals surface area contributed by atoms with Gasteiger partial charge in [-0.3, -0.25) is 9.18 Å². The molecule has 1 heterocycles. The van der Waals surface area contributed by atoms with Crippen LogP contribution in [-0.4, -0.2) is 27.1 Å². The van der Waals surface area contributed by atoms with Crippen molar-refractivity contribution in [1.29, 1.82) is 0 Å². The first-order valence-electron chi connectivity index (χ1n) is 5.67. The molecular formula is C13H10F3NO3S. The van der Waals surface area contributed by atoms with Crippen molar-refractivity contribution in [2.24, 2.45) is 4.99 Å². The molecule has 1 aliphatic rings. The normalized spacial score (nSPS) is 21.1. The monoisotopic (exact) mass is 317 g/mol. The molecule has 4 nitrogen and oxygen atoms in total. The van der Waals surface area contributed by atoms with Crippen LogP contribution in [0.4, 0.5) is 13.2 Å². The number of hydrogen-bond donors (Lipinski definition) is 0. The Bertz CT molecular complexity index is 739. The van der Waals surface area contributed by atoms with Crippen LogP contribution < -0.4 is 0 Å². The van der Waals surface area contributed by atoms with Gasteiger partial charge in [0.15, 0.2) is 0 Å². The van der Waals surface area contributed by atoms with E-state index < -0.39 is 28.4 Å². The highest BCUT2D eigenvalue weighted by Gasteiger charge is 2.62. The Hall–Kier alpha value is -1.85. The molecule has 0 spiro atoms. The third-order valence-electron chi connectivity index (χ3n) is 2.98. The van der Waals surface area contributed by atoms with Gasteiger partial charge in [-0.05, 0) is 6.07 Å². The van der Waals surface area contributed by atoms with E-state index in [9.17, 15) is 21.6 Å². The van der Waals surface area contributed by atoms with Gasteiger partial charge in [-0.25, -0.2) is 0 Å². The topological polar surface area (TPSA) is 55.7 Å². The lowest BCUT2D eigenvalue weighted by Crippen LogP contribution is -2.33. The number of rotatable bonds is 4. The lowest BCUT2D eigenvalue weighted by Gasteiger charge is -2.21. The van der Waals surface area contributed by atoms with Gasteiger partial charge in [-0.1, -0.05) is 18.1 Å². The number of aliphatic imine (C=N–C) groups is 1. The standard InChI is InChI=1S/C13H10F3NO3S/c1-3-9-5-4-6-11(10(9)7-20-21(2,18)19)12(8-17-12)13(14,15)16/h1,4-6,8H,7H2,2H3. The third kappa shape index (κ3) is 2.94. The summed E-state index contributed by atoms with van der Waals surface area (Å²) >= 11 is 0. The summed E-state index contributed by atoms with van der Waals surface area (Å²) in [5.74, 6) is 2.23. The molecule has 1 aromatic carbocycles. The highest BCUT2D eigenvalue weighted by molar-refractivity contribution is 7.85. The average Bonchev–Trinajstić information content (AvgIpc) is 3.15. The molecule has 0 saturated carbocycles. The van der Waals surface area contributed by atoms with E-state index in [4.69, 9.17) is 6.42 Å². The van der Waals surface area contributed by atoms with Crippen LogP contribution in [0.1, 0.15) is 16.7 Å². The van der Waals surface area contributed by atoms with Crippen molar-refractivity contribution in [3.63, 3.8) is 0 Å². The number of terminal acetylenes is 1. The zero-order valence-electron chi connectivity index (χ0n) is 10.8. The molecule has 1 unspecified atom stereocenters. The number of alkyl halides is 3. The van der Waals surface area contributed by atoms with E-state index in [-0.39, 0.29) is 16.7 Å². The summed E-state index contributed by atoms with van der Waals surface area (Å²) in [6, 6.07) is 3.99. The van der Waals surface area contributed by atoms with Crippen LogP contribution in [0.15, 0.2) is 23.2 Å². The minimum atomic E-state index is -4.62. The molecule has 0 fully saturated rings. The summed E-state index contributed by atoms with van der Waals surface area (Å²) in [5.41, 5.74) is -2.53. The van der Waals surface area contributed by atoms with E-state index in [2.05, 4.69) is 15.1 Å². The predicted octanol–water partition coefficient (Wildman–Crippen LogP) is 1.99. The first kappa shape index (κ1) is 15.5. The zero-order valence-corrected chi connectivity index (χ0v) is 11.6. The van der Waals surface area contributed by atoms with Crippen molar-refractivity contribution in [2.45, 2.75) is 18.3 Å². The molecule has 8 heteroatoms. The predicted molar refractivity (Wildman–Crippen MR) is 70.2 cm³/mol. The second-order valence-corrected chi connectivity index (χ2v) is 6.11. The first-order valence-corrected chi connectivity index (χ1v) is 7.49. The third-order valence-corrected chi connectivity index (χ3v) is 3.52. The van der Waals surface area contributed by atoms with Gasteiger partial charge in [-0.2, -0.15) is 21.6 Å². The fourth-order valence-electron chi connectivity index (χ4n) is 1.90. The summed E-state index contributed by atoms with van der Waals surface area (Å²) < 4.78 is 66.1. The van der Waals surface area contributed by atoms with Crippen molar-refractivity contribution in [3.05, 3.63) is 34.9 Å². The zero-order chi connectivity index (χ0) is 15.9. The van der Waals surface area contributed by atoms with Crippen LogP contribution >= 0.6 is 0 Å². The van der Waals surface area contributed by atoms with Gasteiger partial charge in [0.25, 0.3) is 10.1 Å². The van der Waals surface area contributed by atoms with Crippen LogP contribution in [0.5, 0.6) is 0 Å². The molecule has 112 valence electrons. The van der Waals surface area contributed by atoms with Gasteiger partial charge in [0.05, 0.1) is 12.9 Å². The lowest BCUT2D eigenvalue weighted by atomic mass is 9.90. The highest BCUT2D eigenvalue weighted by Crippen LogP contribution is 2.49. The van der Waals surface area contributed by atoms with Crippen LogP contribution in [0.25, 0.3) is 0 Å². The van der Waals surface area contributed by atoms with Crippen molar-refractivity contribution in [3.8, 4) is 12.3 Å². The van der Waals surface area contributed by atoms with E-state index in [0.29, 0.717) is 0 Å². The Morgan fingerprint density at radius 1 is 1.43 bits per heavy atom. The van der Waals surface area contributed by atoms with Gasteiger partial charge >= 0.3 is 6.18 Å². The Kier molecular flexibility index (Phi) is 3.59. The van der Waals surface area contributed by atoms with E-state index in [1.54, 1.807) is 0 Å². The van der Waals surface area contributed by atoms with Gasteiger partial charge in [0.1, 0.15) is 0 Å². The van der Waals surface area contributed by atoms with Crippen LogP contribution in [0.3, 0.4) is 0 Å². The largest absolute Gasteiger partial charge is 0.422 e. The van der Waals surface area contributed by atoms with Crippen LogP contribution in [0, 0.1) is 12.3 Å². The first-order chi connectivity index (χ1) is 9.61. The van der Waals surface area contributed by atoms with Gasteiger partial charge < -0.3 is 0 Å². The average molecular weight is 317 g/mol.